The van der Waals surface area contributed by atoms with Crippen molar-refractivity contribution >= 4 is 57.9 Å². The molecule has 2 fully saturated rings. The molecule has 5 aliphatic rings. The van der Waals surface area contributed by atoms with Crippen molar-refractivity contribution in [2.75, 3.05) is 26.2 Å². The summed E-state index contributed by atoms with van der Waals surface area (Å²) >= 11 is 14.1. The van der Waals surface area contributed by atoms with Gasteiger partial charge < -0.3 is 24.9 Å². The first-order valence-electron chi connectivity index (χ1n) is 22.1. The Labute approximate surface area is 375 Å². The van der Waals surface area contributed by atoms with Crippen molar-refractivity contribution in [2.45, 2.75) is 115 Å². The molecule has 3 aromatic carbocycles. The molecule has 8 rings (SSSR count). The number of fused-ring (bicyclic) bond motifs is 1. The second-order valence-electron chi connectivity index (χ2n) is 17.7. The fourth-order valence-electron chi connectivity index (χ4n) is 9.97. The van der Waals surface area contributed by atoms with Crippen LogP contribution < -0.4 is 5.32 Å². The van der Waals surface area contributed by atoms with Crippen molar-refractivity contribution in [3.63, 3.8) is 0 Å². The summed E-state index contributed by atoms with van der Waals surface area (Å²) in [5, 5.41) is 5.62. The molecule has 3 amide bonds. The Morgan fingerprint density at radius 1 is 0.918 bits per heavy atom. The van der Waals surface area contributed by atoms with Gasteiger partial charge in [-0.3, -0.25) is 14.4 Å². The molecule has 1 unspecified atom stereocenters. The van der Waals surface area contributed by atoms with Crippen molar-refractivity contribution < 1.29 is 14.4 Å². The van der Waals surface area contributed by atoms with Crippen LogP contribution in [-0.2, 0) is 26.3 Å². The summed E-state index contributed by atoms with van der Waals surface area (Å²) in [4.78, 5) is 56.8. The van der Waals surface area contributed by atoms with Gasteiger partial charge in [0, 0.05) is 53.9 Å². The summed E-state index contributed by atoms with van der Waals surface area (Å²) < 4.78 is 0. The van der Waals surface area contributed by atoms with Crippen molar-refractivity contribution in [1.29, 1.82) is 0 Å². The largest absolute Gasteiger partial charge is 0.337 e. The van der Waals surface area contributed by atoms with Crippen molar-refractivity contribution in [1.82, 2.24) is 24.9 Å². The monoisotopic (exact) mass is 880 g/mol. The minimum absolute atomic E-state index is 0.0247. The Bertz CT molecular complexity index is 2200. The molecule has 0 bridgehead atoms. The molecular weight excluding hydrogens is 824 g/mol. The molecular formula is C49H58Cl2N6O3S. The quantitative estimate of drug-likeness (QED) is 0.144. The van der Waals surface area contributed by atoms with E-state index in [-0.39, 0.29) is 41.8 Å². The molecule has 61 heavy (non-hydrogen) atoms. The van der Waals surface area contributed by atoms with E-state index in [2.05, 4.69) is 62.2 Å². The van der Waals surface area contributed by atoms with Gasteiger partial charge in [0.05, 0.1) is 12.1 Å². The number of nitrogens with one attached hydrogen (secondary N) is 1. The Kier molecular flexibility index (Phi) is 13.1. The molecule has 6 atom stereocenters. The second kappa shape index (κ2) is 18.3. The SMILES string of the molecule is CC[C@@H]1C=C[C@@H](C(=O)N2CCN(C(=O)CCCCc3ccc(C4CCCN4)cc3)[C@H](C)C2)N1C(=O)C1=C(C(C)C)N2C(=N[C@@](C)(c3ccc(Cl)cc3)[C@H]2c2ccc(Cl)cc2)S1. The van der Waals surface area contributed by atoms with E-state index in [0.717, 1.165) is 47.8 Å². The second-order valence-corrected chi connectivity index (χ2v) is 19.5. The van der Waals surface area contributed by atoms with E-state index in [4.69, 9.17) is 28.2 Å². The standard InChI is InChI=1S/C49H58Cl2N6O3S/c1-6-39-25-26-41(46(59)54-28-29-55(32(4)30-54)42(58)12-8-7-10-33-13-15-34(16-14-33)40-11-9-27-52-40)56(39)47(60)44-43(31(2)3)57-45(35-17-21-37(50)22-18-35)49(5,53-48(57)61-44)36-19-23-38(51)24-20-36/h13-26,31-32,39-41,45,52H,6-12,27-30H2,1-5H3/t32-,39-,40?,41+,45-,49+/m1/s1. The average molecular weight is 882 g/mol. The molecule has 0 saturated carbocycles. The summed E-state index contributed by atoms with van der Waals surface area (Å²) in [7, 11) is 0. The van der Waals surface area contributed by atoms with Gasteiger partial charge in [0.2, 0.25) is 11.8 Å². The van der Waals surface area contributed by atoms with E-state index in [1.54, 1.807) is 4.90 Å². The van der Waals surface area contributed by atoms with Gasteiger partial charge in [0.25, 0.3) is 5.91 Å². The van der Waals surface area contributed by atoms with E-state index in [1.165, 1.54) is 35.7 Å². The molecule has 322 valence electrons. The highest BCUT2D eigenvalue weighted by Gasteiger charge is 2.54. The first-order valence-corrected chi connectivity index (χ1v) is 23.7. The summed E-state index contributed by atoms with van der Waals surface area (Å²) in [5.41, 5.74) is 4.93. The van der Waals surface area contributed by atoms with Gasteiger partial charge in [-0.2, -0.15) is 0 Å². The summed E-state index contributed by atoms with van der Waals surface area (Å²) in [6.07, 6.45) is 10.3. The number of hydrogen-bond acceptors (Lipinski definition) is 7. The maximum absolute atomic E-state index is 15.1. The fourth-order valence-corrected chi connectivity index (χ4v) is 11.6. The normalized spacial score (nSPS) is 26.2. The lowest BCUT2D eigenvalue weighted by Crippen LogP contribution is -2.59. The predicted octanol–water partition coefficient (Wildman–Crippen LogP) is 9.68. The van der Waals surface area contributed by atoms with Crippen molar-refractivity contribution in [3.05, 3.63) is 128 Å². The zero-order valence-electron chi connectivity index (χ0n) is 36.0. The molecule has 5 aliphatic heterocycles. The zero-order chi connectivity index (χ0) is 43.0. The van der Waals surface area contributed by atoms with Crippen LogP contribution in [0.25, 0.3) is 0 Å². The van der Waals surface area contributed by atoms with Crippen LogP contribution in [0.15, 0.2) is 101 Å². The number of aryl methyl sites for hydroxylation is 1. The number of unbranched alkanes of at least 4 members (excludes halogenated alkanes) is 1. The molecule has 2 saturated heterocycles. The zero-order valence-corrected chi connectivity index (χ0v) is 38.3. The Hall–Kier alpha value is -4.09. The molecule has 5 heterocycles. The maximum Gasteiger partial charge on any atom is 0.263 e. The number of carbonyl (C=O) groups is 3. The first kappa shape index (κ1) is 43.6. The van der Waals surface area contributed by atoms with E-state index in [0.29, 0.717) is 53.5 Å². The van der Waals surface area contributed by atoms with Gasteiger partial charge in [0.15, 0.2) is 5.17 Å². The fraction of sp³-hybridized carbons (Fsp3) is 0.469. The van der Waals surface area contributed by atoms with Gasteiger partial charge in [-0.25, -0.2) is 4.99 Å². The van der Waals surface area contributed by atoms with Gasteiger partial charge in [0.1, 0.15) is 16.5 Å². The lowest BCUT2D eigenvalue weighted by atomic mass is 9.81. The molecule has 0 radical (unpaired) electrons. The van der Waals surface area contributed by atoms with Crippen LogP contribution in [0.3, 0.4) is 0 Å². The predicted molar refractivity (Wildman–Crippen MR) is 247 cm³/mol. The molecule has 9 nitrogen and oxygen atoms in total. The summed E-state index contributed by atoms with van der Waals surface area (Å²) in [6.45, 7) is 12.9. The van der Waals surface area contributed by atoms with Gasteiger partial charge in [-0.05, 0) is 123 Å². The highest BCUT2D eigenvalue weighted by atomic mass is 35.5. The number of thioether (sulfide) groups is 1. The highest BCUT2D eigenvalue weighted by Crippen LogP contribution is 2.56. The minimum Gasteiger partial charge on any atom is -0.337 e. The third-order valence-corrected chi connectivity index (χ3v) is 14.8. The van der Waals surface area contributed by atoms with Crippen LogP contribution in [0.5, 0.6) is 0 Å². The number of nitrogens with zero attached hydrogens (tertiary/aromatic N) is 5. The summed E-state index contributed by atoms with van der Waals surface area (Å²) in [6, 6.07) is 23.8. The van der Waals surface area contributed by atoms with Crippen LogP contribution in [0, 0.1) is 5.92 Å². The van der Waals surface area contributed by atoms with Gasteiger partial charge >= 0.3 is 0 Å². The number of rotatable bonds is 12. The molecule has 3 aromatic rings. The van der Waals surface area contributed by atoms with Crippen LogP contribution >= 0.6 is 35.0 Å². The number of aliphatic imine (C=N–C) groups is 1. The number of halogens is 2. The average Bonchev–Trinajstić information content (AvgIpc) is 4.07. The number of allylic oxidation sites excluding steroid dienone is 1. The van der Waals surface area contributed by atoms with Crippen LogP contribution in [0.1, 0.15) is 107 Å². The Morgan fingerprint density at radius 2 is 1.61 bits per heavy atom. The third-order valence-electron chi connectivity index (χ3n) is 13.3. The maximum atomic E-state index is 15.1. The van der Waals surface area contributed by atoms with E-state index in [1.807, 2.05) is 77.4 Å². The topological polar surface area (TPSA) is 88.6 Å². The number of carbonyl (C=O) groups excluding carboxylic acids is 3. The Balaban J connectivity index is 0.942. The third kappa shape index (κ3) is 8.67. The molecule has 0 spiro atoms. The van der Waals surface area contributed by atoms with E-state index in [9.17, 15) is 9.59 Å². The lowest BCUT2D eigenvalue weighted by Gasteiger charge is -2.42. The number of amides is 3. The van der Waals surface area contributed by atoms with Gasteiger partial charge in [-0.15, -0.1) is 0 Å². The molecule has 1 N–H and O–H groups in total. The van der Waals surface area contributed by atoms with E-state index >= 15 is 4.79 Å². The van der Waals surface area contributed by atoms with Crippen LogP contribution in [0.2, 0.25) is 10.0 Å². The number of piperazine rings is 1. The molecule has 12 heteroatoms. The Morgan fingerprint density at radius 3 is 2.25 bits per heavy atom. The number of amidine groups is 1. The van der Waals surface area contributed by atoms with Crippen LogP contribution in [-0.4, -0.2) is 86.8 Å². The molecule has 0 aromatic heterocycles. The van der Waals surface area contributed by atoms with Crippen LogP contribution in [0.4, 0.5) is 0 Å². The van der Waals surface area contributed by atoms with Gasteiger partial charge in [-0.1, -0.05) is 105 Å². The van der Waals surface area contributed by atoms with Crippen molar-refractivity contribution in [3.8, 4) is 0 Å². The number of benzene rings is 3. The lowest BCUT2D eigenvalue weighted by molar-refractivity contribution is -0.147. The minimum atomic E-state index is -0.735. The highest BCUT2D eigenvalue weighted by molar-refractivity contribution is 8.18. The number of hydrogen-bond donors (Lipinski definition) is 1. The smallest absolute Gasteiger partial charge is 0.263 e. The summed E-state index contributed by atoms with van der Waals surface area (Å²) in [5.74, 6) is -0.142. The van der Waals surface area contributed by atoms with Crippen molar-refractivity contribution in [2.24, 2.45) is 10.9 Å². The van der Waals surface area contributed by atoms with E-state index < -0.39 is 11.6 Å². The first-order chi connectivity index (χ1) is 29.4. The molecule has 0 aliphatic carbocycles.